The summed E-state index contributed by atoms with van der Waals surface area (Å²) in [4.78, 5) is 37.5. The normalized spacial score (nSPS) is 13.1. The molecule has 0 rings (SSSR count). The van der Waals surface area contributed by atoms with E-state index in [2.05, 4.69) is 86.8 Å². The maximum atomic E-state index is 12.9. The fourth-order valence-electron chi connectivity index (χ4n) is 11.0. The first kappa shape index (κ1) is 84.7. The monoisotopic (exact) mass is 1230 g/mol. The van der Waals surface area contributed by atoms with Crippen LogP contribution in [0.1, 0.15) is 354 Å². The number of allylic oxidation sites excluding steroid dienone is 12. The molecule has 2 unspecified atom stereocenters. The molecule has 0 heterocycles. The molecule has 0 aromatic rings. The molecule has 0 saturated carbocycles. The fraction of sp³-hybridized carbons (Fsp3) is 0.810. The lowest BCUT2D eigenvalue weighted by atomic mass is 10.0. The number of unbranched alkanes of at least 4 members (excludes halogenated alkanes) is 43. The maximum Gasteiger partial charge on any atom is 0.306 e. The molecule has 0 aliphatic carbocycles. The Balaban J connectivity index is 3.98. The van der Waals surface area contributed by atoms with Crippen LogP contribution in [0.2, 0.25) is 0 Å². The van der Waals surface area contributed by atoms with Crippen LogP contribution in [-0.4, -0.2) is 82.3 Å². The second kappa shape index (κ2) is 69.6. The molecule has 0 bridgehead atoms. The number of aliphatic carboxylic acids is 1. The van der Waals surface area contributed by atoms with Crippen LogP contribution in [0.4, 0.5) is 0 Å². The van der Waals surface area contributed by atoms with E-state index >= 15 is 0 Å². The van der Waals surface area contributed by atoms with Crippen molar-refractivity contribution in [3.05, 3.63) is 72.9 Å². The summed E-state index contributed by atoms with van der Waals surface area (Å²) in [5.41, 5.74) is 0. The average molecular weight is 1240 g/mol. The number of quaternary nitrogens is 1. The molecule has 0 aromatic carbocycles. The molecular weight excluding hydrogens is 1090 g/mol. The second-order valence-corrected chi connectivity index (χ2v) is 26.6. The van der Waals surface area contributed by atoms with Crippen molar-refractivity contribution in [3.8, 4) is 0 Å². The molecule has 0 N–H and O–H groups in total. The molecule has 0 spiro atoms. The smallest absolute Gasteiger partial charge is 0.306 e. The van der Waals surface area contributed by atoms with E-state index in [9.17, 15) is 19.5 Å². The van der Waals surface area contributed by atoms with E-state index in [1.807, 2.05) is 21.1 Å². The number of nitrogens with zero attached hydrogens (tertiary/aromatic N) is 1. The standard InChI is InChI=1S/C79H143NO8/c1-6-8-10-12-14-16-18-20-22-24-26-28-30-31-32-33-34-35-36-37-38-39-40-41-42-43-44-45-46-48-49-51-53-55-57-59-61-63-65-67-69-76(81)86-73-75(74-87-79(78(83)84)85-72-71-80(3,4)5)88-77(82)70-68-66-64-62-60-58-56-54-52-50-47-29-27-25-23-21-19-17-15-13-11-9-7-2/h9,11,15,17,21,23,27,29,50,52,56,58,75,79H,6-8,10,12-14,16,18-20,22,24-26,28,30-49,51,53-55,57,59-74H2,1-5H3/b11-9-,17-15-,23-21-,29-27-,52-50-,58-56-. The number of carboxylic acid groups (broad SMARTS) is 1. The predicted octanol–water partition coefficient (Wildman–Crippen LogP) is 22.3. The van der Waals surface area contributed by atoms with E-state index in [4.69, 9.17) is 18.9 Å². The molecule has 0 aliphatic rings. The topological polar surface area (TPSA) is 111 Å². The summed E-state index contributed by atoms with van der Waals surface area (Å²) in [5.74, 6) is -2.31. The summed E-state index contributed by atoms with van der Waals surface area (Å²) in [6, 6.07) is 0. The number of esters is 2. The number of carbonyl (C=O) groups is 3. The van der Waals surface area contributed by atoms with Gasteiger partial charge in [-0.3, -0.25) is 9.59 Å². The number of rotatable bonds is 70. The van der Waals surface area contributed by atoms with E-state index in [0.29, 0.717) is 17.4 Å². The zero-order valence-corrected chi connectivity index (χ0v) is 58.6. The van der Waals surface area contributed by atoms with Gasteiger partial charge in [0, 0.05) is 12.8 Å². The largest absolute Gasteiger partial charge is 0.545 e. The molecule has 0 aliphatic heterocycles. The molecule has 512 valence electrons. The Morgan fingerprint density at radius 1 is 0.352 bits per heavy atom. The van der Waals surface area contributed by atoms with Crippen molar-refractivity contribution in [2.45, 2.75) is 367 Å². The molecule has 2 atom stereocenters. The zero-order valence-electron chi connectivity index (χ0n) is 58.6. The maximum absolute atomic E-state index is 12.9. The quantitative estimate of drug-likeness (QED) is 0.0195. The summed E-state index contributed by atoms with van der Waals surface area (Å²) in [6.07, 6.45) is 90.3. The number of carboxylic acids is 1. The van der Waals surface area contributed by atoms with Gasteiger partial charge in [-0.05, 0) is 64.2 Å². The van der Waals surface area contributed by atoms with Gasteiger partial charge in [-0.15, -0.1) is 0 Å². The van der Waals surface area contributed by atoms with E-state index in [0.717, 1.165) is 83.5 Å². The molecule has 9 heteroatoms. The summed E-state index contributed by atoms with van der Waals surface area (Å²) >= 11 is 0. The van der Waals surface area contributed by atoms with E-state index < -0.39 is 24.3 Å². The third kappa shape index (κ3) is 70.2. The molecule has 0 aromatic heterocycles. The fourth-order valence-corrected chi connectivity index (χ4v) is 11.0. The Hall–Kier alpha value is -3.27. The van der Waals surface area contributed by atoms with Crippen molar-refractivity contribution in [1.82, 2.24) is 0 Å². The van der Waals surface area contributed by atoms with Gasteiger partial charge in [-0.25, -0.2) is 0 Å². The first-order chi connectivity index (χ1) is 43.1. The number of hydrogen-bond acceptors (Lipinski definition) is 8. The number of ether oxygens (including phenoxy) is 4. The molecule has 0 radical (unpaired) electrons. The highest BCUT2D eigenvalue weighted by Gasteiger charge is 2.22. The van der Waals surface area contributed by atoms with Crippen LogP contribution in [0.15, 0.2) is 72.9 Å². The van der Waals surface area contributed by atoms with Gasteiger partial charge < -0.3 is 33.3 Å². The van der Waals surface area contributed by atoms with Gasteiger partial charge in [0.15, 0.2) is 12.4 Å². The third-order valence-corrected chi connectivity index (χ3v) is 16.7. The number of carbonyl (C=O) groups excluding carboxylic acids is 3. The highest BCUT2D eigenvalue weighted by molar-refractivity contribution is 5.70. The van der Waals surface area contributed by atoms with Crippen molar-refractivity contribution in [2.75, 3.05) is 47.5 Å². The highest BCUT2D eigenvalue weighted by atomic mass is 16.7. The van der Waals surface area contributed by atoms with Gasteiger partial charge in [0.1, 0.15) is 13.2 Å². The van der Waals surface area contributed by atoms with Gasteiger partial charge in [-0.1, -0.05) is 350 Å². The minimum atomic E-state index is -1.63. The van der Waals surface area contributed by atoms with Gasteiger partial charge >= 0.3 is 11.9 Å². The Morgan fingerprint density at radius 3 is 0.966 bits per heavy atom. The van der Waals surface area contributed by atoms with Crippen LogP contribution in [0.25, 0.3) is 0 Å². The first-order valence-corrected chi connectivity index (χ1v) is 37.6. The minimum Gasteiger partial charge on any atom is -0.545 e. The molecule has 9 nitrogen and oxygen atoms in total. The Bertz CT molecular complexity index is 1680. The summed E-state index contributed by atoms with van der Waals surface area (Å²) < 4.78 is 22.8. The molecule has 0 amide bonds. The Morgan fingerprint density at radius 2 is 0.648 bits per heavy atom. The lowest BCUT2D eigenvalue weighted by Crippen LogP contribution is -2.44. The molecular formula is C79H143NO8. The van der Waals surface area contributed by atoms with Crippen LogP contribution in [-0.2, 0) is 33.3 Å². The van der Waals surface area contributed by atoms with Crippen LogP contribution >= 0.6 is 0 Å². The summed E-state index contributed by atoms with van der Waals surface area (Å²) in [5, 5.41) is 11.8. The second-order valence-electron chi connectivity index (χ2n) is 26.6. The Labute approximate surface area is 545 Å². The van der Waals surface area contributed by atoms with Crippen LogP contribution in [0.5, 0.6) is 0 Å². The summed E-state index contributed by atoms with van der Waals surface area (Å²) in [6.45, 7) is 4.65. The van der Waals surface area contributed by atoms with Crippen molar-refractivity contribution in [2.24, 2.45) is 0 Å². The number of likely N-dealkylation sites (N-methyl/N-ethyl adjacent to an activating group) is 1. The molecule has 0 fully saturated rings. The number of hydrogen-bond donors (Lipinski definition) is 0. The highest BCUT2D eigenvalue weighted by Crippen LogP contribution is 2.19. The van der Waals surface area contributed by atoms with Gasteiger partial charge in [0.2, 0.25) is 0 Å². The van der Waals surface area contributed by atoms with Gasteiger partial charge in [-0.2, -0.15) is 0 Å². The minimum absolute atomic E-state index is 0.140. The van der Waals surface area contributed by atoms with E-state index in [1.165, 1.54) is 238 Å². The zero-order chi connectivity index (χ0) is 64.0. The van der Waals surface area contributed by atoms with E-state index in [1.54, 1.807) is 0 Å². The Kier molecular flexibility index (Phi) is 67.0. The van der Waals surface area contributed by atoms with Crippen molar-refractivity contribution >= 4 is 17.9 Å². The van der Waals surface area contributed by atoms with Crippen molar-refractivity contribution in [3.63, 3.8) is 0 Å². The van der Waals surface area contributed by atoms with Gasteiger partial charge in [0.25, 0.3) is 0 Å². The lowest BCUT2D eigenvalue weighted by molar-refractivity contribution is -0.870. The predicted molar refractivity (Wildman–Crippen MR) is 375 cm³/mol. The van der Waals surface area contributed by atoms with E-state index in [-0.39, 0.29) is 38.6 Å². The third-order valence-electron chi connectivity index (χ3n) is 16.7. The molecule has 0 saturated heterocycles. The van der Waals surface area contributed by atoms with Gasteiger partial charge in [0.05, 0.1) is 40.3 Å². The van der Waals surface area contributed by atoms with Crippen molar-refractivity contribution in [1.29, 1.82) is 0 Å². The lowest BCUT2D eigenvalue weighted by Gasteiger charge is -2.26. The summed E-state index contributed by atoms with van der Waals surface area (Å²) in [7, 11) is 5.92. The average Bonchev–Trinajstić information content (AvgIpc) is 3.51. The first-order valence-electron chi connectivity index (χ1n) is 37.6. The van der Waals surface area contributed by atoms with Crippen molar-refractivity contribution < 1.29 is 42.9 Å². The SMILES string of the molecule is CC/C=C\C/C=C\C/C=C\C/C=C\C/C=C\C/C=C\CCCCCCC(=O)OC(COC(=O)CCCCCCCCCCCCCCCCCCCCCCCCCCCCCCCCCCCCCCCCCC)COC(OCC[N+](C)(C)C)C(=O)[O-]. The molecule has 88 heavy (non-hydrogen) atoms. The van der Waals surface area contributed by atoms with Crippen LogP contribution in [0.3, 0.4) is 0 Å². The van der Waals surface area contributed by atoms with Crippen LogP contribution in [0, 0.1) is 0 Å². The van der Waals surface area contributed by atoms with Crippen LogP contribution < -0.4 is 5.11 Å².